The molecule has 0 aliphatic carbocycles. The molecule has 0 unspecified atom stereocenters. The van der Waals surface area contributed by atoms with E-state index in [4.69, 9.17) is 0 Å². The number of ether oxygens (including phenoxy) is 1. The number of nitrogens with zero attached hydrogens (tertiary/aromatic N) is 1. The highest BCUT2D eigenvalue weighted by molar-refractivity contribution is 5.89. The second-order valence-corrected chi connectivity index (χ2v) is 3.36. The number of aromatic nitrogens is 2. The normalized spacial score (nSPS) is 9.12. The first-order chi connectivity index (χ1) is 7.97. The number of carboxylic acids is 1. The van der Waals surface area contributed by atoms with Gasteiger partial charge in [0.1, 0.15) is 12.4 Å². The Morgan fingerprint density at radius 1 is 1.59 bits per heavy atom. The number of H-pyrrole nitrogens is 1. The number of carboxylic acid groups (broad SMARTS) is 1. The van der Waals surface area contributed by atoms with Crippen molar-refractivity contribution in [1.29, 1.82) is 0 Å². The summed E-state index contributed by atoms with van der Waals surface area (Å²) in [5, 5.41) is 9.64. The highest BCUT2D eigenvalue weighted by Gasteiger charge is 1.99. The zero-order chi connectivity index (χ0) is 13.3. The van der Waals surface area contributed by atoms with Crippen molar-refractivity contribution in [2.75, 3.05) is 0 Å². The van der Waals surface area contributed by atoms with Crippen molar-refractivity contribution >= 4 is 11.9 Å². The van der Waals surface area contributed by atoms with E-state index in [9.17, 15) is 14.7 Å². The number of imidazole rings is 1. The van der Waals surface area contributed by atoms with Crippen molar-refractivity contribution in [3.05, 3.63) is 31.6 Å². The highest BCUT2D eigenvalue weighted by atomic mass is 16.5. The highest BCUT2D eigenvalue weighted by Crippen LogP contribution is 1.86. The van der Waals surface area contributed by atoms with Gasteiger partial charge in [-0.15, -0.1) is 0 Å². The number of carbonyl (C=O) groups excluding carboxylic acids is 2. The van der Waals surface area contributed by atoms with E-state index in [1.165, 1.54) is 0 Å². The summed E-state index contributed by atoms with van der Waals surface area (Å²) in [5.74, 6) is -2.33. The minimum absolute atomic E-state index is 0.571. The van der Waals surface area contributed by atoms with Crippen LogP contribution in [0.1, 0.15) is 26.3 Å². The molecule has 1 N–H and O–H groups in total. The van der Waals surface area contributed by atoms with Crippen LogP contribution in [0.15, 0.2) is 31.6 Å². The number of esters is 1. The number of hydrogen-bond donors (Lipinski definition) is 1. The van der Waals surface area contributed by atoms with Crippen molar-refractivity contribution in [1.82, 2.24) is 4.98 Å². The SMILES string of the molecule is C=COC(=O)CC(=O)[O-].CC(C)[n+]1cc[nH]c1. The van der Waals surface area contributed by atoms with Crippen LogP contribution in [-0.2, 0) is 14.3 Å². The van der Waals surface area contributed by atoms with Crippen LogP contribution in [0.3, 0.4) is 0 Å². The van der Waals surface area contributed by atoms with Crippen LogP contribution in [0.5, 0.6) is 0 Å². The van der Waals surface area contributed by atoms with Gasteiger partial charge >= 0.3 is 5.97 Å². The topological polar surface area (TPSA) is 86.1 Å². The molecule has 1 aromatic heterocycles. The molecule has 1 heterocycles. The lowest BCUT2D eigenvalue weighted by molar-refractivity contribution is -0.715. The largest absolute Gasteiger partial charge is 0.550 e. The van der Waals surface area contributed by atoms with Crippen molar-refractivity contribution in [2.45, 2.75) is 26.3 Å². The van der Waals surface area contributed by atoms with Gasteiger partial charge in [0.25, 0.3) is 0 Å². The van der Waals surface area contributed by atoms with Crippen LogP contribution >= 0.6 is 0 Å². The molecule has 0 atom stereocenters. The molecule has 1 rings (SSSR count). The molecular formula is C11H16N2O4. The van der Waals surface area contributed by atoms with Gasteiger partial charge in [0, 0.05) is 0 Å². The van der Waals surface area contributed by atoms with Crippen LogP contribution in [-0.4, -0.2) is 16.9 Å². The number of aromatic amines is 1. The minimum Gasteiger partial charge on any atom is -0.550 e. The molecule has 0 amide bonds. The second-order valence-electron chi connectivity index (χ2n) is 3.36. The summed E-state index contributed by atoms with van der Waals surface area (Å²) in [4.78, 5) is 22.8. The third-order valence-electron chi connectivity index (χ3n) is 1.67. The summed E-state index contributed by atoms with van der Waals surface area (Å²) in [6.07, 6.45) is 6.02. The van der Waals surface area contributed by atoms with E-state index in [2.05, 4.69) is 34.7 Å². The Hall–Kier alpha value is -2.11. The smallest absolute Gasteiger partial charge is 0.316 e. The Bertz CT molecular complexity index is 358. The van der Waals surface area contributed by atoms with Gasteiger partial charge in [-0.2, -0.15) is 0 Å². The van der Waals surface area contributed by atoms with E-state index in [1.807, 2.05) is 18.7 Å². The fourth-order valence-electron chi connectivity index (χ4n) is 0.875. The first-order valence-electron chi connectivity index (χ1n) is 5.01. The molecule has 0 radical (unpaired) electrons. The van der Waals surface area contributed by atoms with E-state index >= 15 is 0 Å². The molecule has 6 nitrogen and oxygen atoms in total. The van der Waals surface area contributed by atoms with Gasteiger partial charge < -0.3 is 14.6 Å². The van der Waals surface area contributed by atoms with Gasteiger partial charge in [-0.1, -0.05) is 6.58 Å². The molecule has 0 saturated carbocycles. The molecule has 0 aliphatic heterocycles. The number of hydrogen-bond acceptors (Lipinski definition) is 4. The second kappa shape index (κ2) is 8.09. The number of aliphatic carboxylic acids is 1. The van der Waals surface area contributed by atoms with E-state index in [-0.39, 0.29) is 0 Å². The zero-order valence-electron chi connectivity index (χ0n) is 9.88. The van der Waals surface area contributed by atoms with E-state index in [0.29, 0.717) is 6.04 Å². The van der Waals surface area contributed by atoms with Crippen molar-refractivity contribution < 1.29 is 24.0 Å². The number of rotatable bonds is 4. The molecule has 0 fully saturated rings. The Morgan fingerprint density at radius 3 is 2.53 bits per heavy atom. The predicted molar refractivity (Wildman–Crippen MR) is 57.3 cm³/mol. The van der Waals surface area contributed by atoms with Crippen molar-refractivity contribution in [2.24, 2.45) is 0 Å². The lowest BCUT2D eigenvalue weighted by Gasteiger charge is -1.97. The number of nitrogens with one attached hydrogen (secondary N) is 1. The lowest BCUT2D eigenvalue weighted by Crippen LogP contribution is -2.32. The van der Waals surface area contributed by atoms with Crippen LogP contribution in [0.4, 0.5) is 0 Å². The van der Waals surface area contributed by atoms with Crippen molar-refractivity contribution in [3.8, 4) is 0 Å². The van der Waals surface area contributed by atoms with Gasteiger partial charge in [-0.25, -0.2) is 4.57 Å². The van der Waals surface area contributed by atoms with Gasteiger partial charge in [-0.05, 0) is 13.8 Å². The van der Waals surface area contributed by atoms with Crippen LogP contribution in [0.25, 0.3) is 0 Å². The Labute approximate surface area is 99.5 Å². The van der Waals surface area contributed by atoms with Gasteiger partial charge in [0.15, 0.2) is 0 Å². The first-order valence-corrected chi connectivity index (χ1v) is 5.01. The summed E-state index contributed by atoms with van der Waals surface area (Å²) in [6, 6.07) is 0.571. The molecule has 17 heavy (non-hydrogen) atoms. The van der Waals surface area contributed by atoms with Gasteiger partial charge in [-0.3, -0.25) is 9.78 Å². The number of carbonyl (C=O) groups is 2. The Morgan fingerprint density at radius 2 is 2.24 bits per heavy atom. The Balaban J connectivity index is 0.000000302. The van der Waals surface area contributed by atoms with Gasteiger partial charge in [0.05, 0.1) is 24.7 Å². The fraction of sp³-hybridized carbons (Fsp3) is 0.364. The molecule has 0 bridgehead atoms. The maximum Gasteiger partial charge on any atom is 0.316 e. The summed E-state index contributed by atoms with van der Waals surface area (Å²) < 4.78 is 6.17. The van der Waals surface area contributed by atoms with E-state index in [0.717, 1.165) is 6.26 Å². The summed E-state index contributed by atoms with van der Waals surface area (Å²) >= 11 is 0. The summed E-state index contributed by atoms with van der Waals surface area (Å²) in [5.41, 5.74) is 0. The summed E-state index contributed by atoms with van der Waals surface area (Å²) in [6.45, 7) is 7.34. The molecular weight excluding hydrogens is 224 g/mol. The van der Waals surface area contributed by atoms with Crippen molar-refractivity contribution in [3.63, 3.8) is 0 Å². The van der Waals surface area contributed by atoms with Crippen LogP contribution < -0.4 is 9.67 Å². The molecule has 94 valence electrons. The maximum absolute atomic E-state index is 10.1. The van der Waals surface area contributed by atoms with E-state index in [1.54, 1.807) is 0 Å². The van der Waals surface area contributed by atoms with Gasteiger partial charge in [0.2, 0.25) is 6.33 Å². The molecule has 1 aromatic rings. The zero-order valence-corrected chi connectivity index (χ0v) is 9.88. The molecule has 0 aromatic carbocycles. The third kappa shape index (κ3) is 7.78. The van der Waals surface area contributed by atoms with E-state index < -0.39 is 18.4 Å². The minimum atomic E-state index is -1.46. The fourth-order valence-corrected chi connectivity index (χ4v) is 0.875. The lowest BCUT2D eigenvalue weighted by atomic mass is 10.4. The predicted octanol–water partition coefficient (Wildman–Crippen LogP) is -0.304. The molecule has 0 aliphatic rings. The third-order valence-corrected chi connectivity index (χ3v) is 1.67. The quantitative estimate of drug-likeness (QED) is 0.339. The molecule has 0 saturated heterocycles. The molecule has 6 heteroatoms. The van der Waals surface area contributed by atoms with Crippen LogP contribution in [0.2, 0.25) is 0 Å². The standard InChI is InChI=1S/C6H10N2.C5H6O4/c1-6(2)8-4-3-7-5-8;1-2-9-5(8)3-4(6)7/h3-6H,1-2H3;2H,1,3H2,(H,6,7). The van der Waals surface area contributed by atoms with Crippen LogP contribution in [0, 0.1) is 0 Å². The molecule has 0 spiro atoms. The summed E-state index contributed by atoms with van der Waals surface area (Å²) in [7, 11) is 0. The Kier molecular flexibility index (Phi) is 7.09. The average Bonchev–Trinajstić information content (AvgIpc) is 2.70. The first kappa shape index (κ1) is 14.9. The average molecular weight is 240 g/mol. The monoisotopic (exact) mass is 240 g/mol. The maximum atomic E-state index is 10.1.